The number of nitrogens with one attached hydrogen (secondary N) is 1. The number of carbonyl (C=O) groups is 1. The Morgan fingerprint density at radius 3 is 2.20 bits per heavy atom. The molecule has 0 fully saturated rings. The number of carbonyl (C=O) groups excluding carboxylic acids is 1. The third-order valence-corrected chi connectivity index (χ3v) is 3.18. The molecule has 0 saturated carbocycles. The summed E-state index contributed by atoms with van der Waals surface area (Å²) < 4.78 is 0. The van der Waals surface area contributed by atoms with Gasteiger partial charge in [0.1, 0.15) is 0 Å². The number of hydrogen-bond donors (Lipinski definition) is 1. The standard InChI is InChI=1S/C12H25NOS/c1-6-10(7-2)13-11(14)15-9-8-12(3,4)5/h10H,6-9H2,1-5H3,(H,13,14). The van der Waals surface area contributed by atoms with E-state index in [0.717, 1.165) is 25.0 Å². The molecule has 1 amide bonds. The minimum atomic E-state index is 0.132. The zero-order valence-electron chi connectivity index (χ0n) is 10.7. The lowest BCUT2D eigenvalue weighted by Crippen LogP contribution is -2.31. The number of hydrogen-bond acceptors (Lipinski definition) is 2. The molecule has 0 saturated heterocycles. The van der Waals surface area contributed by atoms with Crippen LogP contribution in [0.5, 0.6) is 0 Å². The summed E-state index contributed by atoms with van der Waals surface area (Å²) in [6.45, 7) is 10.8. The van der Waals surface area contributed by atoms with E-state index in [1.807, 2.05) is 0 Å². The van der Waals surface area contributed by atoms with Crippen molar-refractivity contribution in [3.8, 4) is 0 Å². The number of amides is 1. The van der Waals surface area contributed by atoms with E-state index in [4.69, 9.17) is 0 Å². The Balaban J connectivity index is 3.66. The fourth-order valence-corrected chi connectivity index (χ4v) is 2.30. The van der Waals surface area contributed by atoms with Gasteiger partial charge in [-0.2, -0.15) is 0 Å². The van der Waals surface area contributed by atoms with E-state index in [1.54, 1.807) is 0 Å². The normalized spacial score (nSPS) is 11.9. The maximum absolute atomic E-state index is 11.5. The van der Waals surface area contributed by atoms with Crippen molar-refractivity contribution < 1.29 is 4.79 Å². The van der Waals surface area contributed by atoms with Crippen LogP contribution in [0, 0.1) is 5.41 Å². The summed E-state index contributed by atoms with van der Waals surface area (Å²) in [7, 11) is 0. The van der Waals surface area contributed by atoms with Gasteiger partial charge in [-0.05, 0) is 24.7 Å². The summed E-state index contributed by atoms with van der Waals surface area (Å²) in [4.78, 5) is 11.5. The second kappa shape index (κ2) is 7.15. The number of rotatable bonds is 5. The molecule has 0 radical (unpaired) electrons. The van der Waals surface area contributed by atoms with Crippen molar-refractivity contribution >= 4 is 17.0 Å². The highest BCUT2D eigenvalue weighted by atomic mass is 32.2. The zero-order valence-corrected chi connectivity index (χ0v) is 11.5. The van der Waals surface area contributed by atoms with Gasteiger partial charge in [-0.3, -0.25) is 4.79 Å². The Kier molecular flexibility index (Phi) is 7.07. The molecule has 0 rings (SSSR count). The van der Waals surface area contributed by atoms with Crippen molar-refractivity contribution in [2.45, 2.75) is 59.9 Å². The first-order chi connectivity index (χ1) is 6.89. The largest absolute Gasteiger partial charge is 0.344 e. The van der Waals surface area contributed by atoms with E-state index < -0.39 is 0 Å². The average molecular weight is 231 g/mol. The molecular weight excluding hydrogens is 206 g/mol. The maximum Gasteiger partial charge on any atom is 0.279 e. The average Bonchev–Trinajstić information content (AvgIpc) is 2.12. The first-order valence-electron chi connectivity index (χ1n) is 5.82. The summed E-state index contributed by atoms with van der Waals surface area (Å²) >= 11 is 1.41. The first-order valence-corrected chi connectivity index (χ1v) is 6.81. The van der Waals surface area contributed by atoms with E-state index in [0.29, 0.717) is 11.5 Å². The number of thioether (sulfide) groups is 1. The fraction of sp³-hybridized carbons (Fsp3) is 0.917. The van der Waals surface area contributed by atoms with Crippen molar-refractivity contribution in [2.24, 2.45) is 5.41 Å². The minimum absolute atomic E-state index is 0.132. The molecule has 1 N–H and O–H groups in total. The third-order valence-electron chi connectivity index (χ3n) is 2.39. The first kappa shape index (κ1) is 14.8. The summed E-state index contributed by atoms with van der Waals surface area (Å²) in [5, 5.41) is 3.16. The molecule has 0 atom stereocenters. The van der Waals surface area contributed by atoms with Crippen molar-refractivity contribution in [1.29, 1.82) is 0 Å². The zero-order chi connectivity index (χ0) is 11.9. The van der Waals surface area contributed by atoms with Gasteiger partial charge < -0.3 is 5.32 Å². The van der Waals surface area contributed by atoms with Crippen LogP contribution in [0.15, 0.2) is 0 Å². The van der Waals surface area contributed by atoms with E-state index in [-0.39, 0.29) is 5.24 Å². The van der Waals surface area contributed by atoms with Gasteiger partial charge >= 0.3 is 0 Å². The lowest BCUT2D eigenvalue weighted by molar-refractivity contribution is 0.256. The van der Waals surface area contributed by atoms with Crippen LogP contribution < -0.4 is 5.32 Å². The Morgan fingerprint density at radius 1 is 1.27 bits per heavy atom. The Hall–Kier alpha value is -0.180. The molecule has 2 nitrogen and oxygen atoms in total. The van der Waals surface area contributed by atoms with E-state index in [1.165, 1.54) is 11.8 Å². The molecule has 0 spiro atoms. The van der Waals surface area contributed by atoms with Crippen molar-refractivity contribution in [3.63, 3.8) is 0 Å². The quantitative estimate of drug-likeness (QED) is 0.773. The summed E-state index contributed by atoms with van der Waals surface area (Å²) in [5.41, 5.74) is 0.322. The predicted molar refractivity (Wildman–Crippen MR) is 69.4 cm³/mol. The molecule has 15 heavy (non-hydrogen) atoms. The highest BCUT2D eigenvalue weighted by molar-refractivity contribution is 8.13. The molecule has 0 aromatic rings. The van der Waals surface area contributed by atoms with Gasteiger partial charge in [0.05, 0.1) is 0 Å². The molecule has 0 aromatic heterocycles. The van der Waals surface area contributed by atoms with Crippen LogP contribution in [0.2, 0.25) is 0 Å². The molecule has 0 unspecified atom stereocenters. The monoisotopic (exact) mass is 231 g/mol. The predicted octanol–water partition coefficient (Wildman–Crippen LogP) is 4.05. The fourth-order valence-electron chi connectivity index (χ4n) is 1.15. The molecule has 0 heterocycles. The Bertz CT molecular complexity index is 183. The molecule has 0 aliphatic carbocycles. The molecular formula is C12H25NOS. The Labute approximate surface area is 98.6 Å². The minimum Gasteiger partial charge on any atom is -0.344 e. The van der Waals surface area contributed by atoms with Crippen LogP contribution in [-0.2, 0) is 0 Å². The lowest BCUT2D eigenvalue weighted by atomic mass is 9.94. The van der Waals surface area contributed by atoms with Crippen LogP contribution in [0.4, 0.5) is 4.79 Å². The third kappa shape index (κ3) is 8.79. The van der Waals surface area contributed by atoms with Crippen LogP contribution >= 0.6 is 11.8 Å². The summed E-state index contributed by atoms with van der Waals surface area (Å²) in [6, 6.07) is 0.347. The Morgan fingerprint density at radius 2 is 1.80 bits per heavy atom. The van der Waals surface area contributed by atoms with Gasteiger partial charge in [0.25, 0.3) is 5.24 Å². The van der Waals surface area contributed by atoms with Gasteiger partial charge in [0.15, 0.2) is 0 Å². The SMILES string of the molecule is CCC(CC)NC(=O)SCCC(C)(C)C. The van der Waals surface area contributed by atoms with Crippen LogP contribution in [-0.4, -0.2) is 17.0 Å². The van der Waals surface area contributed by atoms with Gasteiger partial charge in [0, 0.05) is 11.8 Å². The molecule has 90 valence electrons. The molecule has 0 aliphatic heterocycles. The van der Waals surface area contributed by atoms with Gasteiger partial charge in [-0.1, -0.05) is 46.4 Å². The van der Waals surface area contributed by atoms with Crippen molar-refractivity contribution in [2.75, 3.05) is 5.75 Å². The van der Waals surface area contributed by atoms with Gasteiger partial charge in [-0.15, -0.1) is 0 Å². The van der Waals surface area contributed by atoms with Crippen LogP contribution in [0.3, 0.4) is 0 Å². The lowest BCUT2D eigenvalue weighted by Gasteiger charge is -2.18. The molecule has 0 aromatic carbocycles. The van der Waals surface area contributed by atoms with E-state index in [9.17, 15) is 4.79 Å². The van der Waals surface area contributed by atoms with Crippen molar-refractivity contribution in [3.05, 3.63) is 0 Å². The summed E-state index contributed by atoms with van der Waals surface area (Å²) in [6.07, 6.45) is 3.11. The molecule has 0 aliphatic rings. The van der Waals surface area contributed by atoms with Gasteiger partial charge in [0.2, 0.25) is 0 Å². The maximum atomic E-state index is 11.5. The molecule has 0 bridgehead atoms. The van der Waals surface area contributed by atoms with E-state index >= 15 is 0 Å². The highest BCUT2D eigenvalue weighted by Crippen LogP contribution is 2.21. The van der Waals surface area contributed by atoms with Crippen LogP contribution in [0.25, 0.3) is 0 Å². The van der Waals surface area contributed by atoms with Crippen LogP contribution in [0.1, 0.15) is 53.9 Å². The highest BCUT2D eigenvalue weighted by Gasteiger charge is 2.12. The summed E-state index contributed by atoms with van der Waals surface area (Å²) in [5.74, 6) is 0.912. The molecule has 3 heteroatoms. The topological polar surface area (TPSA) is 29.1 Å². The second-order valence-electron chi connectivity index (χ2n) is 5.10. The van der Waals surface area contributed by atoms with Gasteiger partial charge in [-0.25, -0.2) is 0 Å². The van der Waals surface area contributed by atoms with Crippen molar-refractivity contribution in [1.82, 2.24) is 5.32 Å². The second-order valence-corrected chi connectivity index (χ2v) is 6.17. The smallest absolute Gasteiger partial charge is 0.279 e. The van der Waals surface area contributed by atoms with E-state index in [2.05, 4.69) is 39.9 Å².